The van der Waals surface area contributed by atoms with Gasteiger partial charge in [0.25, 0.3) is 0 Å². The minimum absolute atomic E-state index is 0.657. The summed E-state index contributed by atoms with van der Waals surface area (Å²) in [6.45, 7) is 0. The van der Waals surface area contributed by atoms with Gasteiger partial charge in [0.1, 0.15) is 0 Å². The first-order chi connectivity index (χ1) is 29.8. The van der Waals surface area contributed by atoms with Gasteiger partial charge >= 0.3 is 0 Å². The zero-order valence-electron chi connectivity index (χ0n) is 32.7. The van der Waals surface area contributed by atoms with E-state index in [1.165, 1.54) is 93.3 Å². The predicted octanol–water partition coefficient (Wildman–Crippen LogP) is 16.2. The molecule has 0 radical (unpaired) electrons. The van der Waals surface area contributed by atoms with Crippen LogP contribution in [0.4, 0.5) is 0 Å². The second-order valence-corrected chi connectivity index (χ2v) is 15.7. The highest BCUT2D eigenvalue weighted by Gasteiger charge is 2.31. The molecule has 1 heteroatoms. The molecule has 0 fully saturated rings. The number of nitrogens with zero attached hydrogens (tertiary/aromatic N) is 1. The Kier molecular flexibility index (Phi) is 7.67. The van der Waals surface area contributed by atoms with Gasteiger partial charge in [0.2, 0.25) is 0 Å². The van der Waals surface area contributed by atoms with Crippen molar-refractivity contribution in [3.63, 3.8) is 0 Å². The van der Waals surface area contributed by atoms with Crippen molar-refractivity contribution in [2.75, 3.05) is 0 Å². The van der Waals surface area contributed by atoms with E-state index in [4.69, 9.17) is 0 Å². The Hall–Kier alpha value is -8.05. The van der Waals surface area contributed by atoms with E-state index in [0.717, 1.165) is 27.6 Å². The molecule has 0 heterocycles. The summed E-state index contributed by atoms with van der Waals surface area (Å²) in [5.41, 5.74) is 17.2. The number of rotatable bonds is 5. The molecule has 60 heavy (non-hydrogen) atoms. The Bertz CT molecular complexity index is 3430. The van der Waals surface area contributed by atoms with Crippen molar-refractivity contribution < 1.29 is 0 Å². The Morgan fingerprint density at radius 2 is 0.617 bits per heavy atom. The number of fused-ring (bicyclic) bond motifs is 6. The molecule has 0 N–H and O–H groups in total. The standard InChI is InChI=1S/C59H35N/c60-36-41-35-40(54-47-25-12-10-23-45(47)53(37-17-4-1-5-18-37)46-24-11-13-26-48(46)54)31-32-42(41)43-33-34-52-57-44(43)29-16-30-51(57)58-55(38-19-6-2-7-20-38)49-27-14-15-28-50(49)56(59(52)58)39-21-8-3-9-22-39/h1-35H. The van der Waals surface area contributed by atoms with Gasteiger partial charge < -0.3 is 0 Å². The van der Waals surface area contributed by atoms with Gasteiger partial charge in [-0.15, -0.1) is 0 Å². The molecular weight excluding hydrogens is 723 g/mol. The topological polar surface area (TPSA) is 23.8 Å². The quantitative estimate of drug-likeness (QED) is 0.160. The highest BCUT2D eigenvalue weighted by Crippen LogP contribution is 2.58. The van der Waals surface area contributed by atoms with E-state index in [2.05, 4.69) is 218 Å². The van der Waals surface area contributed by atoms with Gasteiger partial charge in [-0.3, -0.25) is 0 Å². The summed E-state index contributed by atoms with van der Waals surface area (Å²) in [5, 5.41) is 20.6. The van der Waals surface area contributed by atoms with Crippen LogP contribution in [0.25, 0.3) is 121 Å². The lowest BCUT2D eigenvalue weighted by Gasteiger charge is -2.20. The van der Waals surface area contributed by atoms with Crippen LogP contribution in [0.3, 0.4) is 0 Å². The molecular formula is C59H35N. The monoisotopic (exact) mass is 757 g/mol. The minimum atomic E-state index is 0.657. The van der Waals surface area contributed by atoms with Crippen molar-refractivity contribution in [2.24, 2.45) is 0 Å². The largest absolute Gasteiger partial charge is 0.192 e. The molecule has 0 atom stereocenters. The molecule has 12 rings (SSSR count). The highest BCUT2D eigenvalue weighted by molar-refractivity contribution is 6.29. The van der Waals surface area contributed by atoms with Crippen molar-refractivity contribution in [3.05, 3.63) is 218 Å². The van der Waals surface area contributed by atoms with Crippen molar-refractivity contribution in [1.29, 1.82) is 5.26 Å². The average Bonchev–Trinajstić information content (AvgIpc) is 3.65. The molecule has 11 aromatic rings. The molecule has 11 aromatic carbocycles. The van der Waals surface area contributed by atoms with Crippen LogP contribution in [0.15, 0.2) is 212 Å². The van der Waals surface area contributed by atoms with E-state index < -0.39 is 0 Å². The van der Waals surface area contributed by atoms with E-state index in [0.29, 0.717) is 5.56 Å². The summed E-state index contributed by atoms with van der Waals surface area (Å²) >= 11 is 0. The van der Waals surface area contributed by atoms with Crippen LogP contribution in [0.1, 0.15) is 5.56 Å². The molecule has 0 saturated heterocycles. The van der Waals surface area contributed by atoms with E-state index >= 15 is 0 Å². The SMILES string of the molecule is N#Cc1cc(-c2c3ccccc3c(-c3ccccc3)c3ccccc23)ccc1-c1ccc2c3c(cccc13)-c1c-2c(-c2ccccc2)c2ccccc2c1-c1ccccc1. The van der Waals surface area contributed by atoms with Crippen LogP contribution < -0.4 is 0 Å². The maximum absolute atomic E-state index is 11.0. The Morgan fingerprint density at radius 3 is 1.10 bits per heavy atom. The second-order valence-electron chi connectivity index (χ2n) is 15.7. The summed E-state index contributed by atoms with van der Waals surface area (Å²) in [7, 11) is 0. The fourth-order valence-electron chi connectivity index (χ4n) is 10.2. The molecule has 0 amide bonds. The molecule has 0 aliphatic heterocycles. The molecule has 0 unspecified atom stereocenters. The fraction of sp³-hybridized carbons (Fsp3) is 0. The zero-order valence-corrected chi connectivity index (χ0v) is 32.7. The lowest BCUT2D eigenvalue weighted by molar-refractivity contribution is 1.48. The van der Waals surface area contributed by atoms with E-state index in [-0.39, 0.29) is 0 Å². The van der Waals surface area contributed by atoms with Gasteiger partial charge in [-0.05, 0) is 121 Å². The Morgan fingerprint density at radius 1 is 0.250 bits per heavy atom. The number of hydrogen-bond donors (Lipinski definition) is 0. The average molecular weight is 758 g/mol. The molecule has 1 nitrogen and oxygen atoms in total. The zero-order chi connectivity index (χ0) is 39.7. The van der Waals surface area contributed by atoms with E-state index in [1.54, 1.807) is 0 Å². The molecule has 276 valence electrons. The fourth-order valence-corrected chi connectivity index (χ4v) is 10.2. The smallest absolute Gasteiger partial charge is 0.0998 e. The van der Waals surface area contributed by atoms with Gasteiger partial charge in [-0.2, -0.15) is 5.26 Å². The minimum Gasteiger partial charge on any atom is -0.192 e. The first-order valence-electron chi connectivity index (χ1n) is 20.6. The van der Waals surface area contributed by atoms with Crippen LogP contribution in [0.2, 0.25) is 0 Å². The normalized spacial score (nSPS) is 11.7. The lowest BCUT2D eigenvalue weighted by Crippen LogP contribution is -1.93. The van der Waals surface area contributed by atoms with Gasteiger partial charge in [-0.1, -0.05) is 206 Å². The van der Waals surface area contributed by atoms with Crippen molar-refractivity contribution in [3.8, 4) is 84.0 Å². The molecule has 1 aliphatic carbocycles. The summed E-state index contributed by atoms with van der Waals surface area (Å²) in [6.07, 6.45) is 0. The molecule has 0 spiro atoms. The van der Waals surface area contributed by atoms with E-state index in [9.17, 15) is 5.26 Å². The van der Waals surface area contributed by atoms with Gasteiger partial charge in [0, 0.05) is 5.56 Å². The summed E-state index contributed by atoms with van der Waals surface area (Å²) in [4.78, 5) is 0. The number of nitriles is 1. The number of benzene rings is 11. The van der Waals surface area contributed by atoms with Crippen LogP contribution in [-0.2, 0) is 0 Å². The number of hydrogen-bond acceptors (Lipinski definition) is 1. The molecule has 0 bridgehead atoms. The summed E-state index contributed by atoms with van der Waals surface area (Å²) in [6, 6.07) is 79.1. The van der Waals surface area contributed by atoms with Crippen LogP contribution >= 0.6 is 0 Å². The third kappa shape index (κ3) is 4.98. The summed E-state index contributed by atoms with van der Waals surface area (Å²) in [5.74, 6) is 0. The maximum atomic E-state index is 11.0. The molecule has 0 saturated carbocycles. The van der Waals surface area contributed by atoms with Gasteiger partial charge in [0.05, 0.1) is 11.6 Å². The molecule has 1 aliphatic rings. The Balaban J connectivity index is 1.10. The van der Waals surface area contributed by atoms with E-state index in [1.807, 2.05) is 0 Å². The van der Waals surface area contributed by atoms with Crippen LogP contribution in [0.5, 0.6) is 0 Å². The Labute approximate surface area is 348 Å². The van der Waals surface area contributed by atoms with Gasteiger partial charge in [-0.25, -0.2) is 0 Å². The van der Waals surface area contributed by atoms with Crippen LogP contribution in [0, 0.1) is 11.3 Å². The lowest BCUT2D eigenvalue weighted by atomic mass is 9.82. The van der Waals surface area contributed by atoms with Crippen LogP contribution in [-0.4, -0.2) is 0 Å². The summed E-state index contributed by atoms with van der Waals surface area (Å²) < 4.78 is 0. The van der Waals surface area contributed by atoms with Crippen molar-refractivity contribution >= 4 is 43.1 Å². The predicted molar refractivity (Wildman–Crippen MR) is 253 cm³/mol. The highest BCUT2D eigenvalue weighted by atomic mass is 14.3. The third-order valence-corrected chi connectivity index (χ3v) is 12.6. The van der Waals surface area contributed by atoms with Crippen molar-refractivity contribution in [2.45, 2.75) is 0 Å². The van der Waals surface area contributed by atoms with Crippen molar-refractivity contribution in [1.82, 2.24) is 0 Å². The second kappa shape index (κ2) is 13.5. The third-order valence-electron chi connectivity index (χ3n) is 12.6. The maximum Gasteiger partial charge on any atom is 0.0998 e. The first-order valence-corrected chi connectivity index (χ1v) is 20.6. The molecule has 0 aromatic heterocycles. The van der Waals surface area contributed by atoms with Gasteiger partial charge in [0.15, 0.2) is 0 Å². The first kappa shape index (κ1) is 34.0.